The van der Waals surface area contributed by atoms with Crippen LogP contribution in [0.3, 0.4) is 0 Å². The number of carbonyl (C=O) groups excluding carboxylic acids is 1. The predicted octanol–water partition coefficient (Wildman–Crippen LogP) is 4.37. The molecule has 1 amide bonds. The van der Waals surface area contributed by atoms with Crippen molar-refractivity contribution in [3.8, 4) is 16.9 Å². The molecule has 0 atom stereocenters. The predicted molar refractivity (Wildman–Crippen MR) is 92.4 cm³/mol. The number of rotatable bonds is 5. The number of nitrogens with one attached hydrogen (secondary N) is 1. The summed E-state index contributed by atoms with van der Waals surface area (Å²) in [6, 6.07) is 27.0. The second-order valence-electron chi connectivity index (χ2n) is 5.06. The fourth-order valence-electron chi connectivity index (χ4n) is 2.31. The zero-order valence-corrected chi connectivity index (χ0v) is 12.6. The van der Waals surface area contributed by atoms with E-state index in [4.69, 9.17) is 4.74 Å². The number of hydrogen-bond acceptors (Lipinski definition) is 2. The third-order valence-electron chi connectivity index (χ3n) is 3.40. The second-order valence-corrected chi connectivity index (χ2v) is 5.06. The molecule has 0 heterocycles. The average Bonchev–Trinajstić information content (AvgIpc) is 2.62. The number of anilines is 1. The van der Waals surface area contributed by atoms with E-state index in [1.54, 1.807) is 0 Å². The van der Waals surface area contributed by atoms with E-state index in [1.807, 2.05) is 84.9 Å². The van der Waals surface area contributed by atoms with Gasteiger partial charge in [-0.3, -0.25) is 4.79 Å². The van der Waals surface area contributed by atoms with Crippen LogP contribution in [-0.2, 0) is 4.79 Å². The average molecular weight is 303 g/mol. The van der Waals surface area contributed by atoms with Crippen molar-refractivity contribution in [2.24, 2.45) is 0 Å². The van der Waals surface area contributed by atoms with E-state index in [2.05, 4.69) is 5.32 Å². The molecule has 0 aliphatic carbocycles. The van der Waals surface area contributed by atoms with Gasteiger partial charge in [0.2, 0.25) is 0 Å². The normalized spacial score (nSPS) is 10.1. The number of para-hydroxylation sites is 2. The van der Waals surface area contributed by atoms with Gasteiger partial charge in [0, 0.05) is 11.3 Å². The van der Waals surface area contributed by atoms with Crippen LogP contribution >= 0.6 is 0 Å². The second kappa shape index (κ2) is 7.27. The van der Waals surface area contributed by atoms with Gasteiger partial charge in [-0.2, -0.15) is 0 Å². The first-order valence-electron chi connectivity index (χ1n) is 7.45. The summed E-state index contributed by atoms with van der Waals surface area (Å²) in [6.07, 6.45) is 0. The lowest BCUT2D eigenvalue weighted by Crippen LogP contribution is -2.20. The molecule has 0 aliphatic rings. The van der Waals surface area contributed by atoms with E-state index in [-0.39, 0.29) is 12.5 Å². The molecule has 0 saturated carbocycles. The molecule has 0 unspecified atom stereocenters. The maximum Gasteiger partial charge on any atom is 0.262 e. The van der Waals surface area contributed by atoms with Crippen LogP contribution in [0.2, 0.25) is 0 Å². The van der Waals surface area contributed by atoms with Gasteiger partial charge in [-0.15, -0.1) is 0 Å². The lowest BCUT2D eigenvalue weighted by atomic mass is 10.0. The highest BCUT2D eigenvalue weighted by molar-refractivity contribution is 5.96. The Hall–Kier alpha value is -3.07. The van der Waals surface area contributed by atoms with E-state index < -0.39 is 0 Å². The van der Waals surface area contributed by atoms with E-state index in [0.29, 0.717) is 5.75 Å². The standard InChI is InChI=1S/C20H17NO2/c22-20(15-23-17-11-5-2-6-12-17)21-19-14-8-7-13-18(19)16-9-3-1-4-10-16/h1-14H,15H2,(H,21,22). The largest absolute Gasteiger partial charge is 0.484 e. The van der Waals surface area contributed by atoms with Gasteiger partial charge in [0.25, 0.3) is 5.91 Å². The van der Waals surface area contributed by atoms with Crippen molar-refractivity contribution in [3.05, 3.63) is 84.9 Å². The van der Waals surface area contributed by atoms with E-state index >= 15 is 0 Å². The third kappa shape index (κ3) is 3.98. The summed E-state index contributed by atoms with van der Waals surface area (Å²) in [7, 11) is 0. The molecule has 0 aliphatic heterocycles. The van der Waals surface area contributed by atoms with Crippen molar-refractivity contribution in [2.75, 3.05) is 11.9 Å². The van der Waals surface area contributed by atoms with Crippen LogP contribution in [0.4, 0.5) is 5.69 Å². The fraction of sp³-hybridized carbons (Fsp3) is 0.0500. The van der Waals surface area contributed by atoms with Crippen molar-refractivity contribution >= 4 is 11.6 Å². The number of benzene rings is 3. The molecular weight excluding hydrogens is 286 g/mol. The smallest absolute Gasteiger partial charge is 0.262 e. The molecule has 114 valence electrons. The Morgan fingerprint density at radius 2 is 1.39 bits per heavy atom. The van der Waals surface area contributed by atoms with Gasteiger partial charge in [0.05, 0.1) is 0 Å². The number of hydrogen-bond donors (Lipinski definition) is 1. The highest BCUT2D eigenvalue weighted by Crippen LogP contribution is 2.27. The molecule has 0 saturated heterocycles. The van der Waals surface area contributed by atoms with E-state index in [9.17, 15) is 4.79 Å². The summed E-state index contributed by atoms with van der Waals surface area (Å²) < 4.78 is 5.47. The quantitative estimate of drug-likeness (QED) is 0.760. The molecule has 3 heteroatoms. The number of carbonyl (C=O) groups is 1. The molecular formula is C20H17NO2. The van der Waals surface area contributed by atoms with Gasteiger partial charge in [0.15, 0.2) is 6.61 Å². The Bertz CT molecular complexity index is 770. The van der Waals surface area contributed by atoms with Crippen LogP contribution < -0.4 is 10.1 Å². The van der Waals surface area contributed by atoms with Crippen LogP contribution in [-0.4, -0.2) is 12.5 Å². The summed E-state index contributed by atoms with van der Waals surface area (Å²) in [5.41, 5.74) is 2.83. The first kappa shape index (κ1) is 14.9. The van der Waals surface area contributed by atoms with Crippen LogP contribution in [0.5, 0.6) is 5.75 Å². The van der Waals surface area contributed by atoms with Crippen molar-refractivity contribution in [1.29, 1.82) is 0 Å². The first-order valence-corrected chi connectivity index (χ1v) is 7.45. The fourth-order valence-corrected chi connectivity index (χ4v) is 2.31. The Balaban J connectivity index is 1.69. The SMILES string of the molecule is O=C(COc1ccccc1)Nc1ccccc1-c1ccccc1. The van der Waals surface area contributed by atoms with Crippen LogP contribution in [0.25, 0.3) is 11.1 Å². The maximum atomic E-state index is 12.1. The van der Waals surface area contributed by atoms with Crippen LogP contribution in [0.15, 0.2) is 84.9 Å². The van der Waals surface area contributed by atoms with Gasteiger partial charge >= 0.3 is 0 Å². The van der Waals surface area contributed by atoms with Gasteiger partial charge in [-0.25, -0.2) is 0 Å². The monoisotopic (exact) mass is 303 g/mol. The molecule has 3 rings (SSSR count). The Morgan fingerprint density at radius 3 is 2.13 bits per heavy atom. The van der Waals surface area contributed by atoms with Crippen LogP contribution in [0.1, 0.15) is 0 Å². The van der Waals surface area contributed by atoms with Gasteiger partial charge in [-0.05, 0) is 23.8 Å². The van der Waals surface area contributed by atoms with Gasteiger partial charge in [0.1, 0.15) is 5.75 Å². The van der Waals surface area contributed by atoms with E-state index in [0.717, 1.165) is 16.8 Å². The van der Waals surface area contributed by atoms with Crippen molar-refractivity contribution in [2.45, 2.75) is 0 Å². The third-order valence-corrected chi connectivity index (χ3v) is 3.40. The van der Waals surface area contributed by atoms with Gasteiger partial charge < -0.3 is 10.1 Å². The molecule has 3 aromatic rings. The zero-order chi connectivity index (χ0) is 15.9. The maximum absolute atomic E-state index is 12.1. The summed E-state index contributed by atoms with van der Waals surface area (Å²) in [5.74, 6) is 0.497. The molecule has 0 aromatic heterocycles. The summed E-state index contributed by atoms with van der Waals surface area (Å²) in [4.78, 5) is 12.1. The molecule has 3 aromatic carbocycles. The lowest BCUT2D eigenvalue weighted by Gasteiger charge is -2.12. The molecule has 0 radical (unpaired) electrons. The minimum atomic E-state index is -0.183. The minimum Gasteiger partial charge on any atom is -0.484 e. The molecule has 0 bridgehead atoms. The molecule has 1 N–H and O–H groups in total. The van der Waals surface area contributed by atoms with Crippen molar-refractivity contribution in [3.63, 3.8) is 0 Å². The summed E-state index contributed by atoms with van der Waals surface area (Å²) in [5, 5.41) is 2.92. The van der Waals surface area contributed by atoms with E-state index in [1.165, 1.54) is 0 Å². The highest BCUT2D eigenvalue weighted by atomic mass is 16.5. The van der Waals surface area contributed by atoms with Crippen molar-refractivity contribution < 1.29 is 9.53 Å². The minimum absolute atomic E-state index is 0.0207. The number of amides is 1. The lowest BCUT2D eigenvalue weighted by molar-refractivity contribution is -0.118. The molecule has 0 fully saturated rings. The topological polar surface area (TPSA) is 38.3 Å². The summed E-state index contributed by atoms with van der Waals surface area (Å²) >= 11 is 0. The number of ether oxygens (including phenoxy) is 1. The van der Waals surface area contributed by atoms with Crippen LogP contribution in [0, 0.1) is 0 Å². The Morgan fingerprint density at radius 1 is 0.783 bits per heavy atom. The Kier molecular flexibility index (Phi) is 4.69. The molecule has 0 spiro atoms. The van der Waals surface area contributed by atoms with Gasteiger partial charge in [-0.1, -0.05) is 66.7 Å². The first-order chi connectivity index (χ1) is 11.3. The zero-order valence-electron chi connectivity index (χ0n) is 12.6. The Labute approximate surface area is 135 Å². The highest BCUT2D eigenvalue weighted by Gasteiger charge is 2.08. The molecule has 23 heavy (non-hydrogen) atoms. The van der Waals surface area contributed by atoms with Crippen molar-refractivity contribution in [1.82, 2.24) is 0 Å². The summed E-state index contributed by atoms with van der Waals surface area (Å²) in [6.45, 7) is -0.0207. The molecule has 3 nitrogen and oxygen atoms in total.